The van der Waals surface area contributed by atoms with E-state index in [4.69, 9.17) is 32.5 Å². The zero-order chi connectivity index (χ0) is 16.5. The summed E-state index contributed by atoms with van der Waals surface area (Å²) < 4.78 is 51.8. The molecule has 0 atom stereocenters. The van der Waals surface area contributed by atoms with Crippen LogP contribution in [0.1, 0.15) is 0 Å². The van der Waals surface area contributed by atoms with Crippen molar-refractivity contribution in [1.29, 1.82) is 0 Å². The predicted molar refractivity (Wildman–Crippen MR) is 82.1 cm³/mol. The van der Waals surface area contributed by atoms with Gasteiger partial charge in [-0.25, -0.2) is 13.6 Å². The molecule has 0 aliphatic rings. The van der Waals surface area contributed by atoms with Crippen molar-refractivity contribution in [3.05, 3.63) is 52.5 Å². The fourth-order valence-corrected chi connectivity index (χ4v) is 3.64. The van der Waals surface area contributed by atoms with Crippen LogP contribution in [-0.4, -0.2) is 16.8 Å². The summed E-state index contributed by atoms with van der Waals surface area (Å²) in [6.45, 7) is 0. The van der Waals surface area contributed by atoms with E-state index in [1.165, 1.54) is 36.4 Å². The first-order valence-electron chi connectivity index (χ1n) is 5.62. The van der Waals surface area contributed by atoms with E-state index in [2.05, 4.69) is 0 Å². The van der Waals surface area contributed by atoms with Gasteiger partial charge in [0.15, 0.2) is 5.75 Å². The first kappa shape index (κ1) is 17.0. The van der Waals surface area contributed by atoms with Gasteiger partial charge in [0, 0.05) is 5.02 Å². The number of hydrogen-bond donors (Lipinski definition) is 1. The van der Waals surface area contributed by atoms with Crippen LogP contribution in [0.4, 0.5) is 0 Å². The lowest BCUT2D eigenvalue weighted by Crippen LogP contribution is -2.14. The molecule has 0 heterocycles. The highest BCUT2D eigenvalue weighted by molar-refractivity contribution is 7.89. The minimum Gasteiger partial charge on any atom is -0.377 e. The fourth-order valence-electron chi connectivity index (χ4n) is 1.52. The average molecular weight is 382 g/mol. The molecule has 0 aliphatic heterocycles. The van der Waals surface area contributed by atoms with Gasteiger partial charge in [-0.3, -0.25) is 0 Å². The summed E-state index contributed by atoms with van der Waals surface area (Å²) in [4.78, 5) is -0.718. The van der Waals surface area contributed by atoms with Crippen molar-refractivity contribution in [2.75, 3.05) is 0 Å². The molecule has 0 spiro atoms. The number of nitrogens with two attached hydrogens (primary N) is 1. The summed E-state index contributed by atoms with van der Waals surface area (Å²) in [7, 11) is -8.31. The zero-order valence-electron chi connectivity index (χ0n) is 10.7. The van der Waals surface area contributed by atoms with Gasteiger partial charge in [0.2, 0.25) is 10.0 Å². The summed E-state index contributed by atoms with van der Waals surface area (Å²) in [5, 5.41) is 5.27. The Hall–Kier alpha value is -1.32. The lowest BCUT2D eigenvalue weighted by Gasteiger charge is -2.09. The second kappa shape index (κ2) is 6.05. The van der Waals surface area contributed by atoms with Gasteiger partial charge in [-0.05, 0) is 36.4 Å². The Morgan fingerprint density at radius 2 is 1.55 bits per heavy atom. The Balaban J connectivity index is 2.43. The SMILES string of the molecule is NS(=O)(=O)c1cccc(S(=O)(=O)Oc2ccc(Cl)cc2Cl)c1. The number of benzene rings is 2. The molecule has 0 bridgehead atoms. The van der Waals surface area contributed by atoms with Gasteiger partial charge in [0.25, 0.3) is 0 Å². The smallest absolute Gasteiger partial charge is 0.339 e. The van der Waals surface area contributed by atoms with Gasteiger partial charge in [0.1, 0.15) is 4.90 Å². The Bertz CT molecular complexity index is 926. The first-order valence-corrected chi connectivity index (χ1v) is 9.33. The van der Waals surface area contributed by atoms with Crippen LogP contribution in [0.2, 0.25) is 10.0 Å². The molecule has 0 amide bonds. The molecule has 2 aromatic carbocycles. The highest BCUT2D eigenvalue weighted by Gasteiger charge is 2.20. The molecule has 0 aromatic heterocycles. The second-order valence-corrected chi connectivity index (χ2v) is 8.08. The molecule has 0 aliphatic carbocycles. The molecule has 0 radical (unpaired) electrons. The van der Waals surface area contributed by atoms with Crippen molar-refractivity contribution < 1.29 is 21.0 Å². The fraction of sp³-hybridized carbons (Fsp3) is 0. The molecule has 0 fully saturated rings. The molecule has 2 aromatic rings. The van der Waals surface area contributed by atoms with Crippen LogP contribution < -0.4 is 9.32 Å². The number of sulfonamides is 1. The van der Waals surface area contributed by atoms with Gasteiger partial charge < -0.3 is 4.18 Å². The lowest BCUT2D eigenvalue weighted by molar-refractivity contribution is 0.486. The number of primary sulfonamides is 1. The average Bonchev–Trinajstić information content (AvgIpc) is 2.41. The number of halogens is 2. The first-order chi connectivity index (χ1) is 10.1. The van der Waals surface area contributed by atoms with Crippen molar-refractivity contribution >= 4 is 43.3 Å². The zero-order valence-corrected chi connectivity index (χ0v) is 13.9. The molecule has 118 valence electrons. The molecule has 10 heteroatoms. The van der Waals surface area contributed by atoms with Gasteiger partial charge in [-0.2, -0.15) is 8.42 Å². The van der Waals surface area contributed by atoms with Gasteiger partial charge >= 0.3 is 10.1 Å². The molecule has 0 saturated heterocycles. The van der Waals surface area contributed by atoms with Gasteiger partial charge in [-0.1, -0.05) is 29.3 Å². The third-order valence-electron chi connectivity index (χ3n) is 2.52. The molecule has 6 nitrogen and oxygen atoms in total. The summed E-state index contributed by atoms with van der Waals surface area (Å²) in [6, 6.07) is 8.48. The van der Waals surface area contributed by atoms with E-state index < -0.39 is 20.1 Å². The maximum Gasteiger partial charge on any atom is 0.339 e. The second-order valence-electron chi connectivity index (χ2n) is 4.13. The maximum absolute atomic E-state index is 12.2. The Kier molecular flexibility index (Phi) is 4.69. The van der Waals surface area contributed by atoms with Crippen LogP contribution in [0.15, 0.2) is 52.3 Å². The van der Waals surface area contributed by atoms with E-state index in [0.717, 1.165) is 6.07 Å². The van der Waals surface area contributed by atoms with Crippen molar-refractivity contribution in [3.8, 4) is 5.75 Å². The topological polar surface area (TPSA) is 104 Å². The van der Waals surface area contributed by atoms with Crippen molar-refractivity contribution in [3.63, 3.8) is 0 Å². The molecule has 0 saturated carbocycles. The van der Waals surface area contributed by atoms with Gasteiger partial charge in [0.05, 0.1) is 9.92 Å². The van der Waals surface area contributed by atoms with Crippen LogP contribution in [0.3, 0.4) is 0 Å². The monoisotopic (exact) mass is 381 g/mol. The van der Waals surface area contributed by atoms with E-state index in [1.54, 1.807) is 0 Å². The van der Waals surface area contributed by atoms with Crippen LogP contribution in [-0.2, 0) is 20.1 Å². The summed E-state index contributed by atoms with van der Waals surface area (Å²) in [5.74, 6) is -0.132. The van der Waals surface area contributed by atoms with Crippen LogP contribution in [0, 0.1) is 0 Å². The summed E-state index contributed by atoms with van der Waals surface area (Å²) in [5.41, 5.74) is 0. The van der Waals surface area contributed by atoms with E-state index >= 15 is 0 Å². The highest BCUT2D eigenvalue weighted by Crippen LogP contribution is 2.30. The van der Waals surface area contributed by atoms with E-state index in [0.29, 0.717) is 5.02 Å². The molecule has 22 heavy (non-hydrogen) atoms. The van der Waals surface area contributed by atoms with E-state index in [9.17, 15) is 16.8 Å². The van der Waals surface area contributed by atoms with Crippen molar-refractivity contribution in [2.24, 2.45) is 5.14 Å². The van der Waals surface area contributed by atoms with Crippen molar-refractivity contribution in [1.82, 2.24) is 0 Å². The molecule has 2 rings (SSSR count). The largest absolute Gasteiger partial charge is 0.377 e. The van der Waals surface area contributed by atoms with E-state index in [1.807, 2.05) is 0 Å². The molecular formula is C12H9Cl2NO5S2. The number of rotatable bonds is 4. The van der Waals surface area contributed by atoms with Crippen molar-refractivity contribution in [2.45, 2.75) is 9.79 Å². The maximum atomic E-state index is 12.2. The minimum absolute atomic E-state index is 0.00123. The minimum atomic E-state index is -4.28. The molecular weight excluding hydrogens is 373 g/mol. The quantitative estimate of drug-likeness (QED) is 0.818. The normalized spacial score (nSPS) is 12.1. The summed E-state index contributed by atoms with van der Waals surface area (Å²) in [6.07, 6.45) is 0. The predicted octanol–water partition coefficient (Wildman–Crippen LogP) is 2.41. The molecule has 0 unspecified atom stereocenters. The third kappa shape index (κ3) is 3.90. The highest BCUT2D eigenvalue weighted by atomic mass is 35.5. The number of hydrogen-bond acceptors (Lipinski definition) is 5. The van der Waals surface area contributed by atoms with Crippen LogP contribution in [0.25, 0.3) is 0 Å². The standard InChI is InChI=1S/C12H9Cl2NO5S2/c13-8-4-5-12(11(14)6-8)20-22(18,19)10-3-1-2-9(7-10)21(15,16)17/h1-7H,(H2,15,16,17). The Labute approximate surface area is 137 Å². The third-order valence-corrected chi connectivity index (χ3v) is 5.19. The van der Waals surface area contributed by atoms with Crippen LogP contribution in [0.5, 0.6) is 5.75 Å². The Morgan fingerprint density at radius 1 is 0.909 bits per heavy atom. The lowest BCUT2D eigenvalue weighted by atomic mass is 10.3. The van der Waals surface area contributed by atoms with Crippen LogP contribution >= 0.6 is 23.2 Å². The summed E-state index contributed by atoms with van der Waals surface area (Å²) >= 11 is 11.5. The molecule has 2 N–H and O–H groups in total. The van der Waals surface area contributed by atoms with Gasteiger partial charge in [-0.15, -0.1) is 0 Å². The Morgan fingerprint density at radius 3 is 2.14 bits per heavy atom. The van der Waals surface area contributed by atoms with E-state index in [-0.39, 0.29) is 20.6 Å².